The molecule has 0 bridgehead atoms. The Morgan fingerprint density at radius 2 is 1.85 bits per heavy atom. The maximum atomic E-state index is 10.6. The van der Waals surface area contributed by atoms with Crippen LogP contribution in [0.5, 0.6) is 0 Å². The van der Waals surface area contributed by atoms with Crippen LogP contribution in [0.15, 0.2) is 6.20 Å². The van der Waals surface area contributed by atoms with Gasteiger partial charge in [0.05, 0.1) is 19.3 Å². The molecule has 0 fully saturated rings. The molecule has 0 aliphatic rings. The molecule has 15 nitrogen and oxygen atoms in total. The number of nitrogens with zero attached hydrogens (tertiary/aromatic N) is 8. The lowest BCUT2D eigenvalue weighted by Crippen LogP contribution is -2.22. The summed E-state index contributed by atoms with van der Waals surface area (Å²) in [5, 5.41) is 25.0. The zero-order valence-corrected chi connectivity index (χ0v) is 22.9. The molecule has 4 N–H and O–H groups in total. The molecule has 0 unspecified atom stereocenters. The van der Waals surface area contributed by atoms with Crippen molar-refractivity contribution in [1.29, 1.82) is 0 Å². The van der Waals surface area contributed by atoms with Gasteiger partial charge in [-0.2, -0.15) is 38.3 Å². The highest BCUT2D eigenvalue weighted by Crippen LogP contribution is 2.17. The molecule has 0 aromatic carbocycles. The third-order valence-electron chi connectivity index (χ3n) is 5.14. The quantitative estimate of drug-likeness (QED) is 0.206. The minimum absolute atomic E-state index is 0.370. The van der Waals surface area contributed by atoms with E-state index in [0.29, 0.717) is 68.9 Å². The van der Waals surface area contributed by atoms with Crippen LogP contribution in [0.1, 0.15) is 36.8 Å². The van der Waals surface area contributed by atoms with Crippen molar-refractivity contribution in [3.63, 3.8) is 0 Å². The Kier molecular flexibility index (Phi) is 12.5. The van der Waals surface area contributed by atoms with E-state index < -0.39 is 12.1 Å². The number of halogens is 3. The van der Waals surface area contributed by atoms with Crippen LogP contribution < -0.4 is 15.5 Å². The summed E-state index contributed by atoms with van der Waals surface area (Å²) in [6.07, 6.45) is -3.20. The van der Waals surface area contributed by atoms with Crippen molar-refractivity contribution in [3.05, 3.63) is 29.1 Å². The van der Waals surface area contributed by atoms with Gasteiger partial charge < -0.3 is 30.1 Å². The van der Waals surface area contributed by atoms with Crippen molar-refractivity contribution in [2.45, 2.75) is 53.2 Å². The standard InChI is InChI=1S/C20H33N11O2.C2HF3O2/c1-6-31-14(3)15(10-23-31)12-30(4)20-26-18(21-8-9-32-5)25-19(27-20)22-11-16-24-17(29-28-16)13-33-7-2;3-2(4,5)1(6)7/h10H,6-9,11-13H2,1-5H3,(H,24,28,29)(H2,21,22,25,26,27);(H,6,7). The first-order valence-electron chi connectivity index (χ1n) is 12.2. The van der Waals surface area contributed by atoms with Gasteiger partial charge in [0.1, 0.15) is 12.4 Å². The van der Waals surface area contributed by atoms with Crippen LogP contribution >= 0.6 is 0 Å². The maximum Gasteiger partial charge on any atom is 0.490 e. The summed E-state index contributed by atoms with van der Waals surface area (Å²) in [7, 11) is 3.59. The zero-order valence-electron chi connectivity index (χ0n) is 22.9. The molecule has 40 heavy (non-hydrogen) atoms. The van der Waals surface area contributed by atoms with Crippen molar-refractivity contribution in [3.8, 4) is 0 Å². The number of rotatable bonds is 14. The number of aromatic nitrogens is 8. The van der Waals surface area contributed by atoms with Gasteiger partial charge in [0.15, 0.2) is 5.82 Å². The molecule has 0 amide bonds. The molecule has 0 atom stereocenters. The number of aromatic amines is 1. The number of methoxy groups -OCH3 is 1. The second kappa shape index (κ2) is 15.5. The molecule has 18 heteroatoms. The van der Waals surface area contributed by atoms with Crippen molar-refractivity contribution in [1.82, 2.24) is 39.9 Å². The van der Waals surface area contributed by atoms with Crippen molar-refractivity contribution < 1.29 is 32.5 Å². The predicted molar refractivity (Wildman–Crippen MR) is 138 cm³/mol. The first kappa shape index (κ1) is 32.2. The number of hydrogen-bond donors (Lipinski definition) is 4. The Balaban J connectivity index is 0.000000708. The summed E-state index contributed by atoms with van der Waals surface area (Å²) in [6, 6.07) is 0. The van der Waals surface area contributed by atoms with E-state index in [-0.39, 0.29) is 0 Å². The van der Waals surface area contributed by atoms with E-state index in [4.69, 9.17) is 19.4 Å². The van der Waals surface area contributed by atoms with E-state index in [2.05, 4.69) is 59.7 Å². The summed E-state index contributed by atoms with van der Waals surface area (Å²) in [6.45, 7) is 10.00. The highest BCUT2D eigenvalue weighted by atomic mass is 19.4. The van der Waals surface area contributed by atoms with E-state index in [1.807, 2.05) is 29.7 Å². The number of carbonyl (C=O) groups is 1. The number of ether oxygens (including phenoxy) is 2. The lowest BCUT2D eigenvalue weighted by atomic mass is 10.2. The number of nitrogens with one attached hydrogen (secondary N) is 3. The molecular weight excluding hydrogens is 539 g/mol. The Morgan fingerprint density at radius 3 is 2.42 bits per heavy atom. The van der Waals surface area contributed by atoms with Gasteiger partial charge in [-0.25, -0.2) is 9.78 Å². The third-order valence-corrected chi connectivity index (χ3v) is 5.14. The van der Waals surface area contributed by atoms with Crippen LogP contribution in [0, 0.1) is 6.92 Å². The summed E-state index contributed by atoms with van der Waals surface area (Å²) in [4.78, 5) is 28.9. The van der Waals surface area contributed by atoms with E-state index >= 15 is 0 Å². The average Bonchev–Trinajstić information content (AvgIpc) is 3.52. The highest BCUT2D eigenvalue weighted by Gasteiger charge is 2.38. The molecule has 0 aliphatic heterocycles. The lowest BCUT2D eigenvalue weighted by molar-refractivity contribution is -0.192. The molecule has 0 radical (unpaired) electrons. The van der Waals surface area contributed by atoms with Crippen molar-refractivity contribution >= 4 is 23.8 Å². The summed E-state index contributed by atoms with van der Waals surface area (Å²) in [5.41, 5.74) is 2.25. The average molecular weight is 574 g/mol. The van der Waals surface area contributed by atoms with Gasteiger partial charge in [-0.1, -0.05) is 0 Å². The fraction of sp³-hybridized carbons (Fsp3) is 0.591. The molecule has 3 rings (SSSR count). The number of carboxylic acids is 1. The number of aliphatic carboxylic acids is 1. The monoisotopic (exact) mass is 573 g/mol. The smallest absolute Gasteiger partial charge is 0.475 e. The molecule has 3 aromatic rings. The molecule has 0 spiro atoms. The number of anilines is 3. The van der Waals surface area contributed by atoms with Crippen LogP contribution in [0.2, 0.25) is 0 Å². The van der Waals surface area contributed by atoms with Crippen molar-refractivity contribution in [2.75, 3.05) is 49.4 Å². The molecule has 3 heterocycles. The summed E-state index contributed by atoms with van der Waals surface area (Å²) in [5.74, 6) is -0.0678. The van der Waals surface area contributed by atoms with Crippen LogP contribution in [0.25, 0.3) is 0 Å². The van der Waals surface area contributed by atoms with Gasteiger partial charge in [-0.05, 0) is 20.8 Å². The van der Waals surface area contributed by atoms with Crippen LogP contribution in [-0.2, 0) is 40.5 Å². The van der Waals surface area contributed by atoms with Gasteiger partial charge >= 0.3 is 12.1 Å². The van der Waals surface area contributed by atoms with Gasteiger partial charge in [0.25, 0.3) is 0 Å². The van der Waals surface area contributed by atoms with Gasteiger partial charge in [-0.15, -0.1) is 0 Å². The second-order valence-corrected chi connectivity index (χ2v) is 8.12. The van der Waals surface area contributed by atoms with Gasteiger partial charge in [-0.3, -0.25) is 9.78 Å². The zero-order chi connectivity index (χ0) is 29.7. The first-order valence-corrected chi connectivity index (χ1v) is 12.2. The number of alkyl halides is 3. The van der Waals surface area contributed by atoms with E-state index in [0.717, 1.165) is 17.8 Å². The molecular formula is C22H34F3N11O4. The van der Waals surface area contributed by atoms with Gasteiger partial charge in [0.2, 0.25) is 17.8 Å². The summed E-state index contributed by atoms with van der Waals surface area (Å²) < 4.78 is 44.2. The Hall–Kier alpha value is -4.06. The molecule has 222 valence electrons. The predicted octanol–water partition coefficient (Wildman–Crippen LogP) is 1.99. The van der Waals surface area contributed by atoms with Crippen LogP contribution in [0.4, 0.5) is 31.0 Å². The van der Waals surface area contributed by atoms with E-state index in [1.54, 1.807) is 7.11 Å². The highest BCUT2D eigenvalue weighted by molar-refractivity contribution is 5.73. The number of H-pyrrole nitrogens is 1. The van der Waals surface area contributed by atoms with E-state index in [1.165, 1.54) is 0 Å². The van der Waals surface area contributed by atoms with Crippen LogP contribution in [0.3, 0.4) is 0 Å². The number of hydrogen-bond acceptors (Lipinski definition) is 12. The number of carboxylic acid groups (broad SMARTS) is 1. The Morgan fingerprint density at radius 1 is 1.18 bits per heavy atom. The molecule has 0 saturated heterocycles. The lowest BCUT2D eigenvalue weighted by Gasteiger charge is -2.18. The summed E-state index contributed by atoms with van der Waals surface area (Å²) >= 11 is 0. The minimum Gasteiger partial charge on any atom is -0.475 e. The fourth-order valence-electron chi connectivity index (χ4n) is 3.08. The topological polar surface area (TPSA) is 181 Å². The molecule has 3 aromatic heterocycles. The fourth-order valence-corrected chi connectivity index (χ4v) is 3.08. The minimum atomic E-state index is -5.08. The Labute approximate surface area is 228 Å². The molecule has 0 aliphatic carbocycles. The number of aryl methyl sites for hydroxylation is 1. The normalized spacial score (nSPS) is 11.1. The largest absolute Gasteiger partial charge is 0.490 e. The van der Waals surface area contributed by atoms with E-state index in [9.17, 15) is 13.2 Å². The van der Waals surface area contributed by atoms with Gasteiger partial charge in [0, 0.05) is 51.7 Å². The SMILES string of the molecule is CCOCc1n[nH]c(CNc2nc(NCCOC)nc(N(C)Cc3cnn(CC)c3C)n2)n1.O=C(O)C(F)(F)F. The molecule has 0 saturated carbocycles. The van der Waals surface area contributed by atoms with Crippen LogP contribution in [-0.4, -0.2) is 91.1 Å². The maximum absolute atomic E-state index is 10.6. The first-order chi connectivity index (χ1) is 19.0. The third kappa shape index (κ3) is 10.3. The van der Waals surface area contributed by atoms with Crippen molar-refractivity contribution in [2.24, 2.45) is 0 Å². The Bertz CT molecular complexity index is 1200. The second-order valence-electron chi connectivity index (χ2n) is 8.12.